The highest BCUT2D eigenvalue weighted by Crippen LogP contribution is 2.20. The minimum absolute atomic E-state index is 0.147. The van der Waals surface area contributed by atoms with Gasteiger partial charge in [0.25, 0.3) is 0 Å². The molecule has 0 bridgehead atoms. The Hall–Kier alpha value is -1.79. The first-order valence-corrected chi connectivity index (χ1v) is 7.89. The van der Waals surface area contributed by atoms with E-state index in [1.165, 1.54) is 0 Å². The number of nitrogens with one attached hydrogen (secondary N) is 2. The zero-order valence-corrected chi connectivity index (χ0v) is 12.7. The molecule has 2 saturated heterocycles. The van der Waals surface area contributed by atoms with Crippen molar-refractivity contribution in [3.05, 3.63) is 24.3 Å². The second-order valence-electron chi connectivity index (χ2n) is 5.63. The van der Waals surface area contributed by atoms with Crippen LogP contribution in [0.4, 0.5) is 16.2 Å². The van der Waals surface area contributed by atoms with Crippen LogP contribution in [0.2, 0.25) is 0 Å². The Balaban J connectivity index is 1.56. The average molecular weight is 305 g/mol. The molecule has 2 N–H and O–H groups in total. The fraction of sp³-hybridized carbons (Fsp3) is 0.562. The largest absolute Gasteiger partial charge is 0.381 e. The van der Waals surface area contributed by atoms with Crippen LogP contribution in [0.5, 0.6) is 0 Å². The van der Waals surface area contributed by atoms with Gasteiger partial charge in [0.05, 0.1) is 13.2 Å². The molecule has 1 aromatic carbocycles. The lowest BCUT2D eigenvalue weighted by Gasteiger charge is -2.29. The van der Waals surface area contributed by atoms with E-state index in [4.69, 9.17) is 9.47 Å². The SMILES string of the molecule is O=C(Nc1cccc(N2CCOCC2)c1)NC1CCOCC1. The molecule has 0 aromatic heterocycles. The molecule has 1 aromatic rings. The van der Waals surface area contributed by atoms with Crippen LogP contribution in [0.25, 0.3) is 0 Å². The van der Waals surface area contributed by atoms with E-state index in [1.54, 1.807) is 0 Å². The van der Waals surface area contributed by atoms with Crippen molar-refractivity contribution in [2.24, 2.45) is 0 Å². The number of amides is 2. The number of morpholine rings is 1. The summed E-state index contributed by atoms with van der Waals surface area (Å²) >= 11 is 0. The van der Waals surface area contributed by atoms with Crippen LogP contribution in [0.15, 0.2) is 24.3 Å². The summed E-state index contributed by atoms with van der Waals surface area (Å²) in [5, 5.41) is 5.92. The summed E-state index contributed by atoms with van der Waals surface area (Å²) in [4.78, 5) is 14.3. The third-order valence-corrected chi connectivity index (χ3v) is 4.04. The Morgan fingerprint density at radius 2 is 1.82 bits per heavy atom. The van der Waals surface area contributed by atoms with Gasteiger partial charge >= 0.3 is 6.03 Å². The minimum atomic E-state index is -0.147. The standard InChI is InChI=1S/C16H23N3O3/c20-16(17-13-4-8-21-9-5-13)18-14-2-1-3-15(12-14)19-6-10-22-11-7-19/h1-3,12-13H,4-11H2,(H2,17,18,20). The normalized spacial score (nSPS) is 19.7. The van der Waals surface area contributed by atoms with Crippen molar-refractivity contribution in [3.63, 3.8) is 0 Å². The number of carbonyl (C=O) groups excluding carboxylic acids is 1. The zero-order chi connectivity index (χ0) is 15.2. The van der Waals surface area contributed by atoms with Crippen LogP contribution in [-0.2, 0) is 9.47 Å². The Kier molecular flexibility index (Phi) is 5.13. The summed E-state index contributed by atoms with van der Waals surface area (Å²) in [7, 11) is 0. The highest BCUT2D eigenvalue weighted by atomic mass is 16.5. The molecule has 120 valence electrons. The molecule has 0 saturated carbocycles. The lowest BCUT2D eigenvalue weighted by atomic mass is 10.1. The highest BCUT2D eigenvalue weighted by molar-refractivity contribution is 5.90. The van der Waals surface area contributed by atoms with Gasteiger partial charge in [-0.05, 0) is 31.0 Å². The molecule has 22 heavy (non-hydrogen) atoms. The summed E-state index contributed by atoms with van der Waals surface area (Å²) in [5.41, 5.74) is 1.93. The monoisotopic (exact) mass is 305 g/mol. The minimum Gasteiger partial charge on any atom is -0.381 e. The third-order valence-electron chi connectivity index (χ3n) is 4.04. The molecule has 6 heteroatoms. The number of carbonyl (C=O) groups is 1. The van der Waals surface area contributed by atoms with Crippen molar-refractivity contribution in [1.82, 2.24) is 5.32 Å². The summed E-state index contributed by atoms with van der Waals surface area (Å²) < 4.78 is 10.7. The van der Waals surface area contributed by atoms with Crippen LogP contribution in [-0.4, -0.2) is 51.6 Å². The number of benzene rings is 1. The number of hydrogen-bond acceptors (Lipinski definition) is 4. The number of rotatable bonds is 3. The molecule has 2 aliphatic rings. The van der Waals surface area contributed by atoms with E-state index in [0.717, 1.165) is 63.7 Å². The van der Waals surface area contributed by atoms with E-state index in [-0.39, 0.29) is 12.1 Å². The molecular formula is C16H23N3O3. The predicted octanol–water partition coefficient (Wildman–Crippen LogP) is 1.82. The first-order chi connectivity index (χ1) is 10.8. The first-order valence-electron chi connectivity index (χ1n) is 7.89. The van der Waals surface area contributed by atoms with Crippen LogP contribution < -0.4 is 15.5 Å². The maximum absolute atomic E-state index is 12.1. The van der Waals surface area contributed by atoms with Gasteiger partial charge < -0.3 is 25.0 Å². The van der Waals surface area contributed by atoms with E-state index in [1.807, 2.05) is 18.2 Å². The topological polar surface area (TPSA) is 62.8 Å². The number of ether oxygens (including phenoxy) is 2. The molecule has 0 atom stereocenters. The average Bonchev–Trinajstić information content (AvgIpc) is 2.57. The van der Waals surface area contributed by atoms with Crippen molar-refractivity contribution < 1.29 is 14.3 Å². The number of hydrogen-bond donors (Lipinski definition) is 2. The second kappa shape index (κ2) is 7.47. The van der Waals surface area contributed by atoms with Gasteiger partial charge in [-0.1, -0.05) is 6.07 Å². The molecular weight excluding hydrogens is 282 g/mol. The van der Waals surface area contributed by atoms with Crippen LogP contribution in [0.1, 0.15) is 12.8 Å². The summed E-state index contributed by atoms with van der Waals surface area (Å²) in [6, 6.07) is 8.01. The highest BCUT2D eigenvalue weighted by Gasteiger charge is 2.16. The zero-order valence-electron chi connectivity index (χ0n) is 12.7. The lowest BCUT2D eigenvalue weighted by Crippen LogP contribution is -2.41. The Morgan fingerprint density at radius 3 is 2.59 bits per heavy atom. The second-order valence-corrected chi connectivity index (χ2v) is 5.63. The fourth-order valence-electron chi connectivity index (χ4n) is 2.80. The molecule has 0 spiro atoms. The van der Waals surface area contributed by atoms with Gasteiger partial charge in [0.1, 0.15) is 0 Å². The van der Waals surface area contributed by atoms with Gasteiger partial charge in [0, 0.05) is 43.7 Å². The number of urea groups is 1. The molecule has 2 fully saturated rings. The van der Waals surface area contributed by atoms with E-state index in [9.17, 15) is 4.79 Å². The fourth-order valence-corrected chi connectivity index (χ4v) is 2.80. The molecule has 2 aliphatic heterocycles. The maximum atomic E-state index is 12.1. The molecule has 2 heterocycles. The van der Waals surface area contributed by atoms with E-state index in [0.29, 0.717) is 0 Å². The summed E-state index contributed by atoms with van der Waals surface area (Å²) in [5.74, 6) is 0. The van der Waals surface area contributed by atoms with Crippen LogP contribution in [0.3, 0.4) is 0 Å². The molecule has 0 aliphatic carbocycles. The van der Waals surface area contributed by atoms with E-state index in [2.05, 4.69) is 21.6 Å². The van der Waals surface area contributed by atoms with Gasteiger partial charge in [-0.2, -0.15) is 0 Å². The smallest absolute Gasteiger partial charge is 0.319 e. The Morgan fingerprint density at radius 1 is 1.09 bits per heavy atom. The Bertz CT molecular complexity index is 497. The summed E-state index contributed by atoms with van der Waals surface area (Å²) in [6.45, 7) is 4.72. The lowest BCUT2D eigenvalue weighted by molar-refractivity contribution is 0.0806. The van der Waals surface area contributed by atoms with E-state index >= 15 is 0 Å². The predicted molar refractivity (Wildman–Crippen MR) is 85.5 cm³/mol. The van der Waals surface area contributed by atoms with Gasteiger partial charge in [-0.15, -0.1) is 0 Å². The van der Waals surface area contributed by atoms with Gasteiger partial charge in [-0.25, -0.2) is 4.79 Å². The molecule has 3 rings (SSSR count). The van der Waals surface area contributed by atoms with Crippen molar-refractivity contribution in [1.29, 1.82) is 0 Å². The molecule has 0 radical (unpaired) electrons. The molecule has 0 unspecified atom stereocenters. The number of anilines is 2. The van der Waals surface area contributed by atoms with Crippen LogP contribution >= 0.6 is 0 Å². The van der Waals surface area contributed by atoms with Gasteiger partial charge in [0.2, 0.25) is 0 Å². The maximum Gasteiger partial charge on any atom is 0.319 e. The van der Waals surface area contributed by atoms with Crippen molar-refractivity contribution in [2.45, 2.75) is 18.9 Å². The van der Waals surface area contributed by atoms with E-state index < -0.39 is 0 Å². The Labute approximate surface area is 130 Å². The number of nitrogens with zero attached hydrogens (tertiary/aromatic N) is 1. The molecule has 6 nitrogen and oxygen atoms in total. The third kappa shape index (κ3) is 4.11. The summed E-state index contributed by atoms with van der Waals surface area (Å²) in [6.07, 6.45) is 1.75. The van der Waals surface area contributed by atoms with Crippen molar-refractivity contribution in [3.8, 4) is 0 Å². The van der Waals surface area contributed by atoms with Gasteiger partial charge in [-0.3, -0.25) is 0 Å². The quantitative estimate of drug-likeness (QED) is 0.894. The first kappa shape index (κ1) is 15.1. The molecule has 2 amide bonds. The van der Waals surface area contributed by atoms with Gasteiger partial charge in [0.15, 0.2) is 0 Å². The van der Waals surface area contributed by atoms with Crippen LogP contribution in [0, 0.1) is 0 Å². The van der Waals surface area contributed by atoms with Crippen molar-refractivity contribution in [2.75, 3.05) is 49.7 Å². The van der Waals surface area contributed by atoms with Crippen molar-refractivity contribution >= 4 is 17.4 Å².